The minimum Gasteiger partial charge on any atom is -0.447 e. The van der Waals surface area contributed by atoms with Gasteiger partial charge in [0.25, 0.3) is 0 Å². The molecule has 0 aromatic heterocycles. The monoisotopic (exact) mass is 496 g/mol. The first-order valence-corrected chi connectivity index (χ1v) is 13.0. The highest BCUT2D eigenvalue weighted by Crippen LogP contribution is 2.48. The van der Waals surface area contributed by atoms with Gasteiger partial charge in [-0.15, -0.1) is 0 Å². The number of hydrogen-bond acceptors (Lipinski definition) is 5. The quantitative estimate of drug-likeness (QED) is 0.445. The fourth-order valence-corrected chi connectivity index (χ4v) is 5.61. The average molecular weight is 497 g/mol. The molecule has 5 nitrogen and oxygen atoms in total. The van der Waals surface area contributed by atoms with Crippen LogP contribution in [0.15, 0.2) is 35.9 Å². The Kier molecular flexibility index (Phi) is 6.06. The molecule has 0 spiro atoms. The number of carbonyl (C=O) groups is 3. The van der Waals surface area contributed by atoms with Crippen molar-refractivity contribution in [2.75, 3.05) is 0 Å². The maximum Gasteiger partial charge on any atom is 0.305 e. The summed E-state index contributed by atoms with van der Waals surface area (Å²) >= 11 is 0. The van der Waals surface area contributed by atoms with Gasteiger partial charge in [0.15, 0.2) is 11.6 Å². The van der Waals surface area contributed by atoms with Gasteiger partial charge in [0.2, 0.25) is 5.78 Å². The van der Waals surface area contributed by atoms with Gasteiger partial charge in [0.1, 0.15) is 11.5 Å². The lowest BCUT2D eigenvalue weighted by Crippen LogP contribution is -2.28. The fraction of sp³-hybridized carbons (Fsp3) is 0.344. The molecule has 0 N–H and O–H groups in total. The molecule has 0 amide bonds. The van der Waals surface area contributed by atoms with E-state index in [0.29, 0.717) is 50.8 Å². The summed E-state index contributed by atoms with van der Waals surface area (Å²) in [6.45, 7) is 15.4. The average Bonchev–Trinajstić information content (AvgIpc) is 3.65. The number of ketones is 3. The molecular weight excluding hydrogens is 464 g/mol. The molecule has 2 aromatic carbocycles. The van der Waals surface area contributed by atoms with Crippen molar-refractivity contribution in [1.29, 1.82) is 0 Å². The Morgan fingerprint density at radius 1 is 0.919 bits per heavy atom. The summed E-state index contributed by atoms with van der Waals surface area (Å²) in [4.78, 5) is 39.2. The Morgan fingerprint density at radius 3 is 2.30 bits per heavy atom. The standard InChI is InChI=1S/C30H26O5.C2H6/c1-13-8-14(2)20-12-23(21(18-6-7-18)11-19(20)9-13)34-30-28(33)26-16(4)24-22(31)10-15(3)27(32)25(24)17(5)29(26)35-30;1-2/h9-12,18,30H,2,6-8H2,1,3-5H3;1-2H3/t30-;/m1./s1. The van der Waals surface area contributed by atoms with E-state index >= 15 is 0 Å². The molecule has 1 fully saturated rings. The highest BCUT2D eigenvalue weighted by atomic mass is 16.7. The molecule has 1 saturated carbocycles. The van der Waals surface area contributed by atoms with Gasteiger partial charge in [-0.3, -0.25) is 14.4 Å². The summed E-state index contributed by atoms with van der Waals surface area (Å²) < 4.78 is 12.3. The molecule has 190 valence electrons. The van der Waals surface area contributed by atoms with Gasteiger partial charge in [-0.2, -0.15) is 0 Å². The molecule has 3 aliphatic carbocycles. The van der Waals surface area contributed by atoms with Crippen LogP contribution in [0.5, 0.6) is 11.5 Å². The minimum absolute atomic E-state index is 0.212. The number of fused-ring (bicyclic) bond motifs is 3. The molecule has 1 aliphatic heterocycles. The molecule has 0 bridgehead atoms. The molecule has 37 heavy (non-hydrogen) atoms. The van der Waals surface area contributed by atoms with Crippen LogP contribution in [0.4, 0.5) is 0 Å². The molecule has 0 unspecified atom stereocenters. The molecule has 1 atom stereocenters. The van der Waals surface area contributed by atoms with Crippen LogP contribution >= 0.6 is 0 Å². The second-order valence-corrected chi connectivity index (χ2v) is 10.2. The zero-order chi connectivity index (χ0) is 26.8. The van der Waals surface area contributed by atoms with E-state index < -0.39 is 6.29 Å². The van der Waals surface area contributed by atoms with E-state index in [1.807, 2.05) is 19.9 Å². The predicted molar refractivity (Wildman–Crippen MR) is 145 cm³/mol. The van der Waals surface area contributed by atoms with Crippen LogP contribution < -0.4 is 9.47 Å². The Bertz CT molecular complexity index is 1480. The molecule has 6 rings (SSSR count). The summed E-state index contributed by atoms with van der Waals surface area (Å²) in [5.41, 5.74) is 7.84. The van der Waals surface area contributed by atoms with E-state index in [2.05, 4.69) is 25.6 Å². The Labute approximate surface area is 217 Å². The second kappa shape index (κ2) is 8.98. The molecule has 1 heterocycles. The van der Waals surface area contributed by atoms with Gasteiger partial charge >= 0.3 is 6.29 Å². The van der Waals surface area contributed by atoms with Crippen molar-refractivity contribution in [2.45, 2.75) is 73.0 Å². The van der Waals surface area contributed by atoms with Crippen LogP contribution in [0.2, 0.25) is 0 Å². The zero-order valence-corrected chi connectivity index (χ0v) is 22.3. The number of carbonyl (C=O) groups excluding carboxylic acids is 3. The summed E-state index contributed by atoms with van der Waals surface area (Å²) in [5.74, 6) is 0.570. The van der Waals surface area contributed by atoms with E-state index in [9.17, 15) is 14.4 Å². The fourth-order valence-electron chi connectivity index (χ4n) is 5.61. The van der Waals surface area contributed by atoms with Crippen LogP contribution in [-0.2, 0) is 0 Å². The molecule has 2 aromatic rings. The van der Waals surface area contributed by atoms with Crippen molar-refractivity contribution >= 4 is 29.0 Å². The van der Waals surface area contributed by atoms with Crippen LogP contribution in [0.1, 0.15) is 112 Å². The largest absolute Gasteiger partial charge is 0.447 e. The third-order valence-corrected chi connectivity index (χ3v) is 7.52. The third kappa shape index (κ3) is 3.88. The smallest absolute Gasteiger partial charge is 0.305 e. The highest BCUT2D eigenvalue weighted by molar-refractivity contribution is 6.27. The first-order valence-electron chi connectivity index (χ1n) is 13.0. The third-order valence-electron chi connectivity index (χ3n) is 7.52. The van der Waals surface area contributed by atoms with E-state index in [-0.39, 0.29) is 17.3 Å². The Hall–Kier alpha value is -3.73. The second-order valence-electron chi connectivity index (χ2n) is 10.2. The van der Waals surface area contributed by atoms with Crippen molar-refractivity contribution in [3.05, 3.63) is 80.4 Å². The van der Waals surface area contributed by atoms with Gasteiger partial charge in [-0.25, -0.2) is 0 Å². The van der Waals surface area contributed by atoms with Crippen molar-refractivity contribution in [3.8, 4) is 11.5 Å². The molecule has 0 radical (unpaired) electrons. The van der Waals surface area contributed by atoms with Crippen molar-refractivity contribution in [2.24, 2.45) is 0 Å². The molecule has 4 aliphatic rings. The van der Waals surface area contributed by atoms with E-state index in [0.717, 1.165) is 41.5 Å². The van der Waals surface area contributed by atoms with Gasteiger partial charge in [0, 0.05) is 22.3 Å². The molecule has 5 heteroatoms. The highest BCUT2D eigenvalue weighted by Gasteiger charge is 2.42. The van der Waals surface area contributed by atoms with Gasteiger partial charge < -0.3 is 9.47 Å². The number of ether oxygens (including phenoxy) is 2. The topological polar surface area (TPSA) is 69.7 Å². The summed E-state index contributed by atoms with van der Waals surface area (Å²) in [5, 5.41) is 0. The lowest BCUT2D eigenvalue weighted by atomic mass is 9.81. The summed E-state index contributed by atoms with van der Waals surface area (Å²) in [6, 6.07) is 4.14. The SMILES string of the molecule is C=C1CC(C)=Cc2cc(C3CC3)c(O[C@@H]3Oc4c(C)c5c(c(C)c4C3=O)C(=O)C=C(C)C5=O)cc21.CC. The maximum atomic E-state index is 13.5. The van der Waals surface area contributed by atoms with Crippen molar-refractivity contribution in [3.63, 3.8) is 0 Å². The first-order chi connectivity index (χ1) is 17.7. The predicted octanol–water partition coefficient (Wildman–Crippen LogP) is 7.33. The number of hydrogen-bond donors (Lipinski definition) is 0. The lowest BCUT2D eigenvalue weighted by molar-refractivity contribution is 0.0232. The molecular formula is C32H32O5. The summed E-state index contributed by atoms with van der Waals surface area (Å²) in [7, 11) is 0. The van der Waals surface area contributed by atoms with E-state index in [1.54, 1.807) is 20.8 Å². The van der Waals surface area contributed by atoms with E-state index in [1.165, 1.54) is 11.6 Å². The molecule has 0 saturated heterocycles. The van der Waals surface area contributed by atoms with E-state index in [4.69, 9.17) is 9.47 Å². The van der Waals surface area contributed by atoms with Crippen LogP contribution in [0.25, 0.3) is 11.6 Å². The van der Waals surface area contributed by atoms with Crippen LogP contribution in [0.3, 0.4) is 0 Å². The lowest BCUT2D eigenvalue weighted by Gasteiger charge is -2.22. The number of Topliss-reactive ketones (excluding diaryl/α,β-unsaturated/α-hetero) is 2. The number of rotatable bonds is 3. The zero-order valence-electron chi connectivity index (χ0n) is 22.3. The normalized spacial score (nSPS) is 19.7. The Balaban J connectivity index is 0.00000137. The van der Waals surface area contributed by atoms with Gasteiger partial charge in [-0.1, -0.05) is 32.1 Å². The van der Waals surface area contributed by atoms with Crippen LogP contribution in [-0.4, -0.2) is 23.6 Å². The van der Waals surface area contributed by atoms with Gasteiger partial charge in [-0.05, 0) is 98.9 Å². The van der Waals surface area contributed by atoms with Crippen molar-refractivity contribution in [1.82, 2.24) is 0 Å². The Morgan fingerprint density at radius 2 is 1.62 bits per heavy atom. The minimum atomic E-state index is -1.17. The number of allylic oxidation sites excluding steroid dienone is 4. The maximum absolute atomic E-state index is 13.5. The number of benzene rings is 2. The van der Waals surface area contributed by atoms with Crippen molar-refractivity contribution < 1.29 is 23.9 Å². The first kappa shape index (κ1) is 24.9. The van der Waals surface area contributed by atoms with Gasteiger partial charge in [0.05, 0.1) is 5.56 Å². The van der Waals surface area contributed by atoms with Crippen LogP contribution in [0, 0.1) is 13.8 Å². The summed E-state index contributed by atoms with van der Waals surface area (Å²) in [6.07, 6.45) is 5.33.